The summed E-state index contributed by atoms with van der Waals surface area (Å²) in [5.74, 6) is -0.667. The summed E-state index contributed by atoms with van der Waals surface area (Å²) in [5, 5.41) is 10.8. The van der Waals surface area contributed by atoms with E-state index < -0.39 is 5.76 Å². The Balaban J connectivity index is 1.55. The smallest absolute Gasteiger partial charge is 0.388 e. The van der Waals surface area contributed by atoms with Gasteiger partial charge in [-0.2, -0.15) is 4.68 Å². The number of fused-ring (bicyclic) bond motifs is 1. The average Bonchev–Trinajstić information content (AvgIpc) is 3.49. The van der Waals surface area contributed by atoms with Crippen LogP contribution in [0.5, 0.6) is 0 Å². The fourth-order valence-corrected chi connectivity index (χ4v) is 4.55. The van der Waals surface area contributed by atoms with Crippen LogP contribution in [0.4, 0.5) is 5.69 Å². The lowest BCUT2D eigenvalue weighted by molar-refractivity contribution is -0.145. The molecule has 0 spiro atoms. The molecule has 1 aliphatic heterocycles. The van der Waals surface area contributed by atoms with Crippen molar-refractivity contribution in [2.75, 3.05) is 31.6 Å². The minimum atomic E-state index is -0.561. The zero-order chi connectivity index (χ0) is 27.2. The van der Waals surface area contributed by atoms with Crippen LogP contribution in [-0.2, 0) is 29.7 Å². The van der Waals surface area contributed by atoms with E-state index in [1.54, 1.807) is 17.0 Å². The van der Waals surface area contributed by atoms with Gasteiger partial charge in [0.1, 0.15) is 0 Å². The van der Waals surface area contributed by atoms with Gasteiger partial charge in [-0.15, -0.1) is 5.10 Å². The number of hydrogen-bond donors (Lipinski definition) is 1. The quantitative estimate of drug-likeness (QED) is 0.388. The Morgan fingerprint density at radius 3 is 2.42 bits per heavy atom. The van der Waals surface area contributed by atoms with Crippen LogP contribution < -0.4 is 16.0 Å². The first-order valence-electron chi connectivity index (χ1n) is 13.0. The summed E-state index contributed by atoms with van der Waals surface area (Å²) in [6.45, 7) is 5.96. The lowest BCUT2D eigenvalue weighted by Gasteiger charge is -2.32. The Morgan fingerprint density at radius 2 is 1.79 bits per heavy atom. The molecule has 1 aromatic heterocycles. The van der Waals surface area contributed by atoms with E-state index in [2.05, 4.69) is 29.5 Å². The molecule has 0 aliphatic carbocycles. The van der Waals surface area contributed by atoms with Gasteiger partial charge in [-0.05, 0) is 42.2 Å². The zero-order valence-electron chi connectivity index (χ0n) is 22.6. The van der Waals surface area contributed by atoms with Gasteiger partial charge >= 0.3 is 5.76 Å². The molecule has 2 amide bonds. The number of hydrazine groups is 1. The Morgan fingerprint density at radius 1 is 1.08 bits per heavy atom. The first kappa shape index (κ1) is 27.1. The Hall–Kier alpha value is -3.92. The minimum Gasteiger partial charge on any atom is -0.388 e. The first-order valence-corrected chi connectivity index (χ1v) is 13.0. The van der Waals surface area contributed by atoms with Gasteiger partial charge < -0.3 is 14.6 Å². The zero-order valence-corrected chi connectivity index (χ0v) is 22.6. The summed E-state index contributed by atoms with van der Waals surface area (Å²) in [4.78, 5) is 40.0. The molecule has 0 saturated heterocycles. The number of nitrogens with one attached hydrogen (secondary N) is 1. The third-order valence-corrected chi connectivity index (χ3v) is 6.86. The van der Waals surface area contributed by atoms with Crippen molar-refractivity contribution in [2.24, 2.45) is 7.05 Å². The number of carbonyl (C=O) groups excluding carboxylic acids is 2. The second-order valence-corrected chi connectivity index (χ2v) is 9.72. The van der Waals surface area contributed by atoms with Gasteiger partial charge in [0.15, 0.2) is 0 Å². The second kappa shape index (κ2) is 12.1. The van der Waals surface area contributed by atoms with Gasteiger partial charge in [0.2, 0.25) is 11.8 Å². The summed E-state index contributed by atoms with van der Waals surface area (Å²) in [7, 11) is 3.29. The van der Waals surface area contributed by atoms with Crippen molar-refractivity contribution < 1.29 is 14.0 Å². The van der Waals surface area contributed by atoms with Crippen molar-refractivity contribution in [1.29, 1.82) is 0 Å². The molecule has 0 saturated carbocycles. The van der Waals surface area contributed by atoms with Crippen molar-refractivity contribution in [1.82, 2.24) is 25.1 Å². The van der Waals surface area contributed by atoms with E-state index in [0.717, 1.165) is 29.5 Å². The summed E-state index contributed by atoms with van der Waals surface area (Å²) >= 11 is 0. The Bertz CT molecular complexity index is 1320. The fourth-order valence-electron chi connectivity index (χ4n) is 4.55. The Kier molecular flexibility index (Phi) is 8.62. The van der Waals surface area contributed by atoms with Crippen LogP contribution in [-0.4, -0.2) is 58.3 Å². The number of anilines is 1. The molecule has 1 N–H and O–H groups in total. The Labute approximate surface area is 222 Å². The molecule has 1 aliphatic rings. The van der Waals surface area contributed by atoms with Crippen LogP contribution in [0.2, 0.25) is 0 Å². The molecule has 2 aromatic carbocycles. The number of amides is 2. The maximum atomic E-state index is 13.5. The van der Waals surface area contributed by atoms with Gasteiger partial charge in [0.05, 0.1) is 13.1 Å². The molecule has 202 valence electrons. The van der Waals surface area contributed by atoms with Crippen molar-refractivity contribution >= 4 is 17.5 Å². The van der Waals surface area contributed by atoms with Crippen LogP contribution in [0.3, 0.4) is 0 Å². The number of benzene rings is 2. The molecule has 0 atom stereocenters. The number of unbranched alkanes of at least 4 members (excludes halogenated alkanes) is 2. The maximum absolute atomic E-state index is 13.5. The summed E-state index contributed by atoms with van der Waals surface area (Å²) < 4.78 is 6.39. The third kappa shape index (κ3) is 6.31. The molecule has 2 heterocycles. The molecule has 38 heavy (non-hydrogen) atoms. The van der Waals surface area contributed by atoms with Gasteiger partial charge in [-0.25, -0.2) is 9.80 Å². The molecule has 10 nitrogen and oxygen atoms in total. The van der Waals surface area contributed by atoms with Crippen molar-refractivity contribution in [3.63, 3.8) is 0 Å². The first-order chi connectivity index (χ1) is 18.3. The van der Waals surface area contributed by atoms with E-state index in [0.29, 0.717) is 30.9 Å². The van der Waals surface area contributed by atoms with Crippen LogP contribution >= 0.6 is 0 Å². The molecule has 3 aromatic rings. The molecule has 0 bridgehead atoms. The minimum absolute atomic E-state index is 0.00217. The van der Waals surface area contributed by atoms with E-state index in [4.69, 9.17) is 4.42 Å². The number of carbonyl (C=O) groups is 2. The van der Waals surface area contributed by atoms with E-state index >= 15 is 0 Å². The average molecular weight is 521 g/mol. The normalized spacial score (nSPS) is 12.8. The van der Waals surface area contributed by atoms with E-state index in [1.807, 2.05) is 42.3 Å². The third-order valence-electron chi connectivity index (χ3n) is 6.86. The van der Waals surface area contributed by atoms with Gasteiger partial charge in [0, 0.05) is 45.0 Å². The van der Waals surface area contributed by atoms with Gasteiger partial charge in [-0.1, -0.05) is 50.1 Å². The lowest BCUT2D eigenvalue weighted by Crippen LogP contribution is -2.48. The summed E-state index contributed by atoms with van der Waals surface area (Å²) in [6, 6.07) is 13.7. The van der Waals surface area contributed by atoms with E-state index in [1.165, 1.54) is 18.2 Å². The summed E-state index contributed by atoms with van der Waals surface area (Å²) in [6.07, 6.45) is 3.02. The SMILES string of the molecule is CCCCCNC(=O)CN(CC(=O)N(C)N1Cc2ccccc2C1)c1cc(-c2nn(C)c(=O)o2)ccc1C. The van der Waals surface area contributed by atoms with Crippen molar-refractivity contribution in [3.8, 4) is 11.5 Å². The second-order valence-electron chi connectivity index (χ2n) is 9.72. The molecular formula is C28H36N6O4. The van der Waals surface area contributed by atoms with Crippen LogP contribution in [0, 0.1) is 6.92 Å². The summed E-state index contributed by atoms with van der Waals surface area (Å²) in [5.41, 5.74) is 4.58. The van der Waals surface area contributed by atoms with Gasteiger partial charge in [0.25, 0.3) is 5.91 Å². The standard InChI is InChI=1S/C28H36N6O4/c1-5-6-9-14-29-25(35)18-33(19-26(36)32(4)34-16-22-10-7-8-11-23(22)17-34)24-15-21(13-12-20(24)2)27-30-31(3)28(37)38-27/h7-8,10-13,15H,5-6,9,14,16-19H2,1-4H3,(H,29,35). The molecule has 0 unspecified atom stereocenters. The highest BCUT2D eigenvalue weighted by molar-refractivity contribution is 5.87. The monoisotopic (exact) mass is 520 g/mol. The number of hydrogen-bond acceptors (Lipinski definition) is 7. The number of likely N-dealkylation sites (N-methyl/N-ethyl adjacent to an activating group) is 1. The largest absolute Gasteiger partial charge is 0.437 e. The van der Waals surface area contributed by atoms with Crippen molar-refractivity contribution in [2.45, 2.75) is 46.2 Å². The topological polar surface area (TPSA) is 104 Å². The maximum Gasteiger partial charge on any atom is 0.437 e. The molecule has 10 heteroatoms. The van der Waals surface area contributed by atoms with Crippen LogP contribution in [0.25, 0.3) is 11.5 Å². The highest BCUT2D eigenvalue weighted by atomic mass is 16.4. The molecule has 4 rings (SSSR count). The molecule has 0 fully saturated rings. The van der Waals surface area contributed by atoms with Crippen molar-refractivity contribution in [3.05, 3.63) is 69.7 Å². The predicted octanol–water partition coefficient (Wildman–Crippen LogP) is 2.85. The van der Waals surface area contributed by atoms with E-state index in [9.17, 15) is 14.4 Å². The highest BCUT2D eigenvalue weighted by Crippen LogP contribution is 2.28. The number of rotatable bonds is 11. The highest BCUT2D eigenvalue weighted by Gasteiger charge is 2.27. The van der Waals surface area contributed by atoms with E-state index in [-0.39, 0.29) is 30.8 Å². The van der Waals surface area contributed by atoms with Crippen LogP contribution in [0.1, 0.15) is 42.9 Å². The number of nitrogens with zero attached hydrogens (tertiary/aromatic N) is 5. The molecular weight excluding hydrogens is 484 g/mol. The van der Waals surface area contributed by atoms with Crippen LogP contribution in [0.15, 0.2) is 51.7 Å². The van der Waals surface area contributed by atoms with Gasteiger partial charge in [-0.3, -0.25) is 14.6 Å². The molecule has 0 radical (unpaired) electrons. The number of aromatic nitrogens is 2. The fraction of sp³-hybridized carbons (Fsp3) is 0.429. The predicted molar refractivity (Wildman–Crippen MR) is 145 cm³/mol. The number of aryl methyl sites for hydroxylation is 2. The lowest BCUT2D eigenvalue weighted by atomic mass is 10.1.